The monoisotopic (exact) mass is 292 g/mol. The molecule has 8 heteroatoms. The van der Waals surface area contributed by atoms with Crippen LogP contribution >= 0.6 is 0 Å². The van der Waals surface area contributed by atoms with Crippen LogP contribution in [0.4, 0.5) is 5.95 Å². The second-order valence-electron chi connectivity index (χ2n) is 4.09. The van der Waals surface area contributed by atoms with Crippen LogP contribution in [0, 0.1) is 0 Å². The normalized spacial score (nSPS) is 10.0. The van der Waals surface area contributed by atoms with Crippen LogP contribution in [0.25, 0.3) is 0 Å². The maximum Gasteiger partial charge on any atom is 0.231 e. The molecule has 0 atom stereocenters. The first-order valence-corrected chi connectivity index (χ1v) is 6.12. The Morgan fingerprint density at radius 1 is 1.19 bits per heavy atom. The van der Waals surface area contributed by atoms with Crippen LogP contribution in [-0.4, -0.2) is 42.4 Å². The van der Waals surface area contributed by atoms with Crippen molar-refractivity contribution in [3.05, 3.63) is 24.0 Å². The highest BCUT2D eigenvalue weighted by atomic mass is 16.5. The highest BCUT2D eigenvalue weighted by Gasteiger charge is 2.15. The fraction of sp³-hybridized carbons (Fsp3) is 0.308. The lowest BCUT2D eigenvalue weighted by Gasteiger charge is -2.13. The molecule has 0 saturated carbocycles. The summed E-state index contributed by atoms with van der Waals surface area (Å²) in [6.07, 6.45) is 1.45. The highest BCUT2D eigenvalue weighted by Crippen LogP contribution is 2.38. The van der Waals surface area contributed by atoms with Crippen molar-refractivity contribution in [3.63, 3.8) is 0 Å². The van der Waals surface area contributed by atoms with E-state index >= 15 is 0 Å². The van der Waals surface area contributed by atoms with E-state index in [0.29, 0.717) is 23.2 Å². The largest absolute Gasteiger partial charge is 0.493 e. The van der Waals surface area contributed by atoms with Crippen LogP contribution in [0.15, 0.2) is 18.5 Å². The number of carbonyl (C=O) groups excluding carboxylic acids is 1. The van der Waals surface area contributed by atoms with Gasteiger partial charge in [-0.25, -0.2) is 5.10 Å². The summed E-state index contributed by atoms with van der Waals surface area (Å²) in [4.78, 5) is 15.7. The third kappa shape index (κ3) is 3.41. The van der Waals surface area contributed by atoms with Crippen molar-refractivity contribution in [2.75, 3.05) is 26.6 Å². The lowest BCUT2D eigenvalue weighted by molar-refractivity contribution is -0.115. The Kier molecular flexibility index (Phi) is 4.60. The first-order chi connectivity index (χ1) is 10.2. The Hall–Kier alpha value is -2.77. The van der Waals surface area contributed by atoms with Crippen molar-refractivity contribution >= 4 is 11.9 Å². The maximum absolute atomic E-state index is 11.9. The average molecular weight is 292 g/mol. The SMILES string of the molecule is COc1cc(CC(=O)Nc2ncn[nH]2)cc(OC)c1OC. The van der Waals surface area contributed by atoms with Gasteiger partial charge in [-0.2, -0.15) is 10.1 Å². The smallest absolute Gasteiger partial charge is 0.231 e. The number of methoxy groups -OCH3 is 3. The van der Waals surface area contributed by atoms with Crippen LogP contribution < -0.4 is 19.5 Å². The standard InChI is InChI=1S/C13H16N4O4/c1-19-9-4-8(5-10(20-2)12(9)21-3)6-11(18)16-13-14-7-15-17-13/h4-5,7H,6H2,1-3H3,(H2,14,15,16,17,18). The molecule has 0 unspecified atom stereocenters. The minimum Gasteiger partial charge on any atom is -0.493 e. The second-order valence-corrected chi connectivity index (χ2v) is 4.09. The van der Waals surface area contributed by atoms with Gasteiger partial charge in [-0.05, 0) is 17.7 Å². The van der Waals surface area contributed by atoms with Crippen LogP contribution in [0.3, 0.4) is 0 Å². The lowest BCUT2D eigenvalue weighted by Crippen LogP contribution is -2.15. The Morgan fingerprint density at radius 3 is 2.33 bits per heavy atom. The fourth-order valence-electron chi connectivity index (χ4n) is 1.86. The quantitative estimate of drug-likeness (QED) is 0.824. The molecule has 112 valence electrons. The molecule has 1 amide bonds. The maximum atomic E-state index is 11.9. The number of ether oxygens (including phenoxy) is 3. The summed E-state index contributed by atoms with van der Waals surface area (Å²) in [5.74, 6) is 1.55. The third-order valence-electron chi connectivity index (χ3n) is 2.76. The van der Waals surface area contributed by atoms with Gasteiger partial charge in [0.05, 0.1) is 27.8 Å². The zero-order valence-electron chi connectivity index (χ0n) is 12.0. The number of anilines is 1. The molecule has 21 heavy (non-hydrogen) atoms. The molecule has 1 aromatic carbocycles. The molecule has 0 aliphatic carbocycles. The number of hydrogen-bond donors (Lipinski definition) is 2. The van der Waals surface area contributed by atoms with E-state index in [2.05, 4.69) is 20.5 Å². The molecule has 2 N–H and O–H groups in total. The molecular weight excluding hydrogens is 276 g/mol. The van der Waals surface area contributed by atoms with Gasteiger partial charge in [0.15, 0.2) is 11.5 Å². The van der Waals surface area contributed by atoms with Crippen LogP contribution in [-0.2, 0) is 11.2 Å². The number of hydrogen-bond acceptors (Lipinski definition) is 6. The molecule has 0 aliphatic heterocycles. The summed E-state index contributed by atoms with van der Waals surface area (Å²) in [5, 5.41) is 8.80. The van der Waals surface area contributed by atoms with Crippen molar-refractivity contribution in [3.8, 4) is 17.2 Å². The fourth-order valence-corrected chi connectivity index (χ4v) is 1.86. The Morgan fingerprint density at radius 2 is 1.86 bits per heavy atom. The van der Waals surface area contributed by atoms with E-state index in [1.807, 2.05) is 0 Å². The number of aromatic nitrogens is 3. The van der Waals surface area contributed by atoms with Gasteiger partial charge in [0.1, 0.15) is 6.33 Å². The van der Waals surface area contributed by atoms with Crippen molar-refractivity contribution in [2.45, 2.75) is 6.42 Å². The van der Waals surface area contributed by atoms with Crippen molar-refractivity contribution < 1.29 is 19.0 Å². The van der Waals surface area contributed by atoms with E-state index in [4.69, 9.17) is 14.2 Å². The second kappa shape index (κ2) is 6.60. The summed E-state index contributed by atoms with van der Waals surface area (Å²) >= 11 is 0. The summed E-state index contributed by atoms with van der Waals surface area (Å²) in [7, 11) is 4.57. The van der Waals surface area contributed by atoms with Crippen molar-refractivity contribution in [1.29, 1.82) is 0 Å². The molecule has 0 spiro atoms. The zero-order chi connectivity index (χ0) is 15.2. The number of rotatable bonds is 6. The molecule has 0 bridgehead atoms. The van der Waals surface area contributed by atoms with Crippen molar-refractivity contribution in [1.82, 2.24) is 15.2 Å². The number of amides is 1. The predicted octanol–water partition coefficient (Wildman–Crippen LogP) is 1.01. The van der Waals surface area contributed by atoms with Gasteiger partial charge in [0.2, 0.25) is 17.6 Å². The zero-order valence-corrected chi connectivity index (χ0v) is 12.0. The van der Waals surface area contributed by atoms with Gasteiger partial charge in [-0.1, -0.05) is 0 Å². The Balaban J connectivity index is 2.17. The van der Waals surface area contributed by atoms with Crippen LogP contribution in [0.1, 0.15) is 5.56 Å². The lowest BCUT2D eigenvalue weighted by atomic mass is 10.1. The average Bonchev–Trinajstić information content (AvgIpc) is 2.98. The number of benzene rings is 1. The number of nitrogens with one attached hydrogen (secondary N) is 2. The first-order valence-electron chi connectivity index (χ1n) is 6.12. The summed E-state index contributed by atoms with van der Waals surface area (Å²) < 4.78 is 15.7. The van der Waals surface area contributed by atoms with E-state index in [9.17, 15) is 4.79 Å². The molecule has 0 radical (unpaired) electrons. The number of H-pyrrole nitrogens is 1. The number of aromatic amines is 1. The molecule has 8 nitrogen and oxygen atoms in total. The number of nitrogens with zero attached hydrogens (tertiary/aromatic N) is 2. The predicted molar refractivity (Wildman–Crippen MR) is 74.8 cm³/mol. The molecule has 1 heterocycles. The summed E-state index contributed by atoms with van der Waals surface area (Å²) in [6, 6.07) is 3.45. The van der Waals surface area contributed by atoms with E-state index < -0.39 is 0 Å². The van der Waals surface area contributed by atoms with Gasteiger partial charge in [-0.3, -0.25) is 10.1 Å². The van der Waals surface area contributed by atoms with E-state index in [1.165, 1.54) is 27.7 Å². The molecule has 2 aromatic rings. The topological polar surface area (TPSA) is 98.4 Å². The molecule has 2 rings (SSSR count). The van der Waals surface area contributed by atoms with Gasteiger partial charge in [0.25, 0.3) is 0 Å². The third-order valence-corrected chi connectivity index (χ3v) is 2.76. The number of carbonyl (C=O) groups is 1. The summed E-state index contributed by atoms with van der Waals surface area (Å²) in [6.45, 7) is 0. The Bertz CT molecular complexity index is 588. The van der Waals surface area contributed by atoms with Gasteiger partial charge in [0, 0.05) is 0 Å². The van der Waals surface area contributed by atoms with E-state index in [0.717, 1.165) is 5.56 Å². The van der Waals surface area contributed by atoms with Crippen LogP contribution in [0.2, 0.25) is 0 Å². The Labute approximate surface area is 121 Å². The van der Waals surface area contributed by atoms with Gasteiger partial charge < -0.3 is 14.2 Å². The minimum atomic E-state index is -0.235. The molecule has 1 aromatic heterocycles. The highest BCUT2D eigenvalue weighted by molar-refractivity contribution is 5.90. The van der Waals surface area contributed by atoms with E-state index in [-0.39, 0.29) is 12.3 Å². The summed E-state index contributed by atoms with van der Waals surface area (Å²) in [5.41, 5.74) is 0.724. The van der Waals surface area contributed by atoms with Gasteiger partial charge >= 0.3 is 0 Å². The van der Waals surface area contributed by atoms with Crippen molar-refractivity contribution in [2.24, 2.45) is 0 Å². The molecular formula is C13H16N4O4. The molecule has 0 aliphatic rings. The first kappa shape index (κ1) is 14.6. The van der Waals surface area contributed by atoms with E-state index in [1.54, 1.807) is 12.1 Å². The van der Waals surface area contributed by atoms with Gasteiger partial charge in [-0.15, -0.1) is 0 Å². The minimum absolute atomic E-state index is 0.136. The molecule has 0 fully saturated rings. The van der Waals surface area contributed by atoms with Crippen LogP contribution in [0.5, 0.6) is 17.2 Å². The molecule has 0 saturated heterocycles.